The molecule has 1 aliphatic rings. The summed E-state index contributed by atoms with van der Waals surface area (Å²) in [6.07, 6.45) is 1.60. The molecule has 0 bridgehead atoms. The largest absolute Gasteiger partial charge is 0.469 e. The summed E-state index contributed by atoms with van der Waals surface area (Å²) in [4.78, 5) is 28.6. The van der Waals surface area contributed by atoms with Gasteiger partial charge in [0.25, 0.3) is 0 Å². The molecule has 6 heteroatoms. The number of esters is 1. The van der Waals surface area contributed by atoms with E-state index in [1.165, 1.54) is 18.2 Å². The minimum absolute atomic E-state index is 0.0914. The van der Waals surface area contributed by atoms with E-state index >= 15 is 0 Å². The number of amides is 1. The molecule has 0 aromatic carbocycles. The molecule has 0 saturated carbocycles. The van der Waals surface area contributed by atoms with E-state index in [0.29, 0.717) is 11.4 Å². The number of hydrogen-bond donors (Lipinski definition) is 0. The maximum Gasteiger partial charge on any atom is 0.311 e. The van der Waals surface area contributed by atoms with Crippen molar-refractivity contribution in [3.63, 3.8) is 0 Å². The van der Waals surface area contributed by atoms with Crippen molar-refractivity contribution in [2.45, 2.75) is 6.42 Å². The summed E-state index contributed by atoms with van der Waals surface area (Å²) in [7, 11) is 1.29. The van der Waals surface area contributed by atoms with Crippen LogP contribution in [-0.4, -0.2) is 30.5 Å². The molecular formula is C12H11N3O3. The zero-order valence-electron chi connectivity index (χ0n) is 9.79. The van der Waals surface area contributed by atoms with Crippen LogP contribution in [0.2, 0.25) is 0 Å². The van der Waals surface area contributed by atoms with Crippen molar-refractivity contribution in [2.24, 2.45) is 5.92 Å². The maximum absolute atomic E-state index is 11.8. The summed E-state index contributed by atoms with van der Waals surface area (Å²) >= 11 is 0. The Bertz CT molecular complexity index is 536. The molecule has 1 aromatic rings. The molecule has 18 heavy (non-hydrogen) atoms. The number of hydrogen-bond acceptors (Lipinski definition) is 5. The monoisotopic (exact) mass is 245 g/mol. The summed E-state index contributed by atoms with van der Waals surface area (Å²) in [5.74, 6) is -0.826. The molecule has 1 atom stereocenters. The van der Waals surface area contributed by atoms with E-state index in [4.69, 9.17) is 5.26 Å². The second-order valence-electron chi connectivity index (χ2n) is 3.91. The van der Waals surface area contributed by atoms with Crippen LogP contribution in [0.5, 0.6) is 0 Å². The highest BCUT2D eigenvalue weighted by Gasteiger charge is 2.37. The normalized spacial score (nSPS) is 18.6. The molecule has 1 aromatic heterocycles. The number of carbonyl (C=O) groups excluding carboxylic acids is 2. The first-order valence-electron chi connectivity index (χ1n) is 5.40. The Balaban J connectivity index is 2.28. The Kier molecular flexibility index (Phi) is 3.24. The number of nitriles is 1. The molecule has 0 radical (unpaired) electrons. The van der Waals surface area contributed by atoms with E-state index in [1.54, 1.807) is 12.1 Å². The van der Waals surface area contributed by atoms with Crippen LogP contribution in [0.15, 0.2) is 18.3 Å². The van der Waals surface area contributed by atoms with Gasteiger partial charge in [-0.2, -0.15) is 5.26 Å². The number of pyridine rings is 1. The molecule has 0 spiro atoms. The molecule has 1 amide bonds. The van der Waals surface area contributed by atoms with Crippen LogP contribution in [0.4, 0.5) is 5.82 Å². The van der Waals surface area contributed by atoms with Gasteiger partial charge in [0.05, 0.1) is 18.6 Å². The van der Waals surface area contributed by atoms with Crippen molar-refractivity contribution in [1.29, 1.82) is 5.26 Å². The topological polar surface area (TPSA) is 83.3 Å². The van der Waals surface area contributed by atoms with E-state index in [-0.39, 0.29) is 18.9 Å². The molecule has 0 N–H and O–H groups in total. The third-order valence-electron chi connectivity index (χ3n) is 2.82. The zero-order chi connectivity index (χ0) is 13.1. The fraction of sp³-hybridized carbons (Fsp3) is 0.333. The van der Waals surface area contributed by atoms with Crippen molar-refractivity contribution < 1.29 is 14.3 Å². The number of carbonyl (C=O) groups is 2. The molecule has 2 heterocycles. The quantitative estimate of drug-likeness (QED) is 0.707. The maximum atomic E-state index is 11.8. The lowest BCUT2D eigenvalue weighted by molar-refractivity contribution is -0.145. The Morgan fingerprint density at radius 2 is 2.44 bits per heavy atom. The number of ether oxygens (including phenoxy) is 1. The van der Waals surface area contributed by atoms with Crippen LogP contribution in [0, 0.1) is 17.2 Å². The molecule has 1 aliphatic heterocycles. The van der Waals surface area contributed by atoms with E-state index in [1.807, 2.05) is 6.07 Å². The van der Waals surface area contributed by atoms with Gasteiger partial charge in [-0.05, 0) is 12.1 Å². The van der Waals surface area contributed by atoms with Crippen LogP contribution >= 0.6 is 0 Å². The van der Waals surface area contributed by atoms with Crippen molar-refractivity contribution >= 4 is 17.7 Å². The van der Waals surface area contributed by atoms with Gasteiger partial charge in [0.2, 0.25) is 5.91 Å². The van der Waals surface area contributed by atoms with E-state index in [0.717, 1.165) is 0 Å². The molecule has 1 unspecified atom stereocenters. The molecule has 1 saturated heterocycles. The van der Waals surface area contributed by atoms with Gasteiger partial charge in [-0.3, -0.25) is 14.5 Å². The molecule has 6 nitrogen and oxygen atoms in total. The van der Waals surface area contributed by atoms with Crippen LogP contribution in [0.25, 0.3) is 0 Å². The van der Waals surface area contributed by atoms with Gasteiger partial charge in [0.1, 0.15) is 6.07 Å². The number of nitrogens with zero attached hydrogens (tertiary/aromatic N) is 3. The number of anilines is 1. The van der Waals surface area contributed by atoms with Crippen LogP contribution in [-0.2, 0) is 14.3 Å². The van der Waals surface area contributed by atoms with Crippen LogP contribution < -0.4 is 4.90 Å². The lowest BCUT2D eigenvalue weighted by atomic mass is 10.1. The predicted octanol–water partition coefficient (Wildman–Crippen LogP) is 0.479. The van der Waals surface area contributed by atoms with Gasteiger partial charge in [0, 0.05) is 19.2 Å². The zero-order valence-corrected chi connectivity index (χ0v) is 9.79. The summed E-state index contributed by atoms with van der Waals surface area (Å²) in [6, 6.07) is 5.19. The predicted molar refractivity (Wildman–Crippen MR) is 61.4 cm³/mol. The molecule has 0 aliphatic carbocycles. The van der Waals surface area contributed by atoms with Gasteiger partial charge in [-0.1, -0.05) is 0 Å². The number of rotatable bonds is 2. The third-order valence-corrected chi connectivity index (χ3v) is 2.82. The highest BCUT2D eigenvalue weighted by atomic mass is 16.5. The van der Waals surface area contributed by atoms with Crippen LogP contribution in [0.1, 0.15) is 12.0 Å². The van der Waals surface area contributed by atoms with Crippen LogP contribution in [0.3, 0.4) is 0 Å². The Hall–Kier alpha value is -2.42. The summed E-state index contributed by atoms with van der Waals surface area (Å²) in [5, 5.41) is 8.97. The van der Waals surface area contributed by atoms with Gasteiger partial charge < -0.3 is 4.74 Å². The minimum atomic E-state index is -0.490. The van der Waals surface area contributed by atoms with Crippen molar-refractivity contribution in [1.82, 2.24) is 4.98 Å². The summed E-state index contributed by atoms with van der Waals surface area (Å²) in [5.41, 5.74) is 0.316. The van der Waals surface area contributed by atoms with Gasteiger partial charge in [-0.25, -0.2) is 4.98 Å². The second kappa shape index (κ2) is 4.84. The molecule has 1 fully saturated rings. The summed E-state index contributed by atoms with van der Waals surface area (Å²) in [6.45, 7) is 0.206. The average Bonchev–Trinajstić information content (AvgIpc) is 2.79. The molecule has 2 rings (SSSR count). The van der Waals surface area contributed by atoms with E-state index < -0.39 is 11.9 Å². The standard InChI is InChI=1S/C12H11N3O3/c1-18-12(17)9-5-10(16)15(7-9)11-8(6-13)3-2-4-14-11/h2-4,9H,5,7H2,1H3. The Labute approximate surface area is 104 Å². The molecule has 92 valence electrons. The highest BCUT2D eigenvalue weighted by molar-refractivity contribution is 5.99. The van der Waals surface area contributed by atoms with E-state index in [2.05, 4.69) is 9.72 Å². The lowest BCUT2D eigenvalue weighted by Gasteiger charge is -2.15. The average molecular weight is 245 g/mol. The Morgan fingerprint density at radius 1 is 1.67 bits per heavy atom. The second-order valence-corrected chi connectivity index (χ2v) is 3.91. The fourth-order valence-electron chi connectivity index (χ4n) is 1.94. The third kappa shape index (κ3) is 2.02. The molecular weight excluding hydrogens is 234 g/mol. The van der Waals surface area contributed by atoms with Gasteiger partial charge in [0.15, 0.2) is 5.82 Å². The first-order valence-corrected chi connectivity index (χ1v) is 5.40. The smallest absolute Gasteiger partial charge is 0.311 e. The summed E-state index contributed by atoms with van der Waals surface area (Å²) < 4.78 is 4.62. The lowest BCUT2D eigenvalue weighted by Crippen LogP contribution is -2.27. The SMILES string of the molecule is COC(=O)C1CC(=O)N(c2ncccc2C#N)C1. The Morgan fingerprint density at radius 3 is 3.11 bits per heavy atom. The number of methoxy groups -OCH3 is 1. The van der Waals surface area contributed by atoms with Gasteiger partial charge in [-0.15, -0.1) is 0 Å². The fourth-order valence-corrected chi connectivity index (χ4v) is 1.94. The van der Waals surface area contributed by atoms with E-state index in [9.17, 15) is 9.59 Å². The first kappa shape index (κ1) is 12.0. The minimum Gasteiger partial charge on any atom is -0.469 e. The highest BCUT2D eigenvalue weighted by Crippen LogP contribution is 2.26. The van der Waals surface area contributed by atoms with Crippen molar-refractivity contribution in [3.8, 4) is 6.07 Å². The van der Waals surface area contributed by atoms with Crippen molar-refractivity contribution in [3.05, 3.63) is 23.9 Å². The number of aromatic nitrogens is 1. The van der Waals surface area contributed by atoms with Crippen molar-refractivity contribution in [2.75, 3.05) is 18.6 Å². The first-order chi connectivity index (χ1) is 8.67. The van der Waals surface area contributed by atoms with Gasteiger partial charge >= 0.3 is 5.97 Å².